The van der Waals surface area contributed by atoms with Crippen molar-refractivity contribution >= 4 is 16.5 Å². The van der Waals surface area contributed by atoms with Crippen molar-refractivity contribution in [3.8, 4) is 0 Å². The molecule has 0 bridgehead atoms. The summed E-state index contributed by atoms with van der Waals surface area (Å²) in [5, 5.41) is 3.22. The Labute approximate surface area is 125 Å². The highest BCUT2D eigenvalue weighted by molar-refractivity contribution is 7.83. The van der Waals surface area contributed by atoms with E-state index < -0.39 is 22.9 Å². The molecule has 0 heterocycles. The smallest absolute Gasteiger partial charge is 0.382 e. The summed E-state index contributed by atoms with van der Waals surface area (Å²) in [4.78, 5) is 0. The van der Waals surface area contributed by atoms with E-state index in [1.54, 1.807) is 6.26 Å². The first-order chi connectivity index (χ1) is 9.86. The van der Waals surface area contributed by atoms with Crippen molar-refractivity contribution in [2.45, 2.75) is 43.7 Å². The molecule has 2 rings (SSSR count). The van der Waals surface area contributed by atoms with Crippen LogP contribution in [0.25, 0.3) is 0 Å². The Morgan fingerprint density at radius 2 is 2.00 bits per heavy atom. The molecule has 0 unspecified atom stereocenters. The van der Waals surface area contributed by atoms with Crippen LogP contribution in [0.15, 0.2) is 24.3 Å². The van der Waals surface area contributed by atoms with Crippen LogP contribution < -0.4 is 5.32 Å². The average Bonchev–Trinajstić information content (AvgIpc) is 2.40. The van der Waals surface area contributed by atoms with Gasteiger partial charge < -0.3 is 5.32 Å². The Morgan fingerprint density at radius 3 is 2.67 bits per heavy atom. The summed E-state index contributed by atoms with van der Waals surface area (Å²) in [6, 6.07) is 7.24. The molecule has 1 fully saturated rings. The first kappa shape index (κ1) is 16.3. The summed E-state index contributed by atoms with van der Waals surface area (Å²) >= 11 is 0. The summed E-state index contributed by atoms with van der Waals surface area (Å²) in [5.74, 6) is -0.797. The Balaban J connectivity index is 2.06. The zero-order valence-electron chi connectivity index (χ0n) is 12.0. The van der Waals surface area contributed by atoms with Gasteiger partial charge in [0.2, 0.25) is 0 Å². The lowest BCUT2D eigenvalue weighted by Gasteiger charge is -2.32. The first-order valence-corrected chi connectivity index (χ1v) is 8.80. The SMILES string of the molecule is C[S@@](=O)Cc1ccccc1N[C@H]1CCC[C@H](C(F)(F)F)C1. The number of benzene rings is 1. The number of hydrogen-bond donors (Lipinski definition) is 1. The molecule has 1 aromatic carbocycles. The summed E-state index contributed by atoms with van der Waals surface area (Å²) in [5.41, 5.74) is 1.70. The quantitative estimate of drug-likeness (QED) is 0.905. The monoisotopic (exact) mass is 319 g/mol. The van der Waals surface area contributed by atoms with Crippen molar-refractivity contribution in [3.63, 3.8) is 0 Å². The number of hydrogen-bond acceptors (Lipinski definition) is 2. The maximum Gasteiger partial charge on any atom is 0.391 e. The lowest BCUT2D eigenvalue weighted by molar-refractivity contribution is -0.182. The zero-order chi connectivity index (χ0) is 15.5. The van der Waals surface area contributed by atoms with E-state index in [2.05, 4.69) is 5.32 Å². The maximum absolute atomic E-state index is 12.8. The third kappa shape index (κ3) is 4.73. The van der Waals surface area contributed by atoms with E-state index >= 15 is 0 Å². The van der Waals surface area contributed by atoms with E-state index in [4.69, 9.17) is 0 Å². The minimum Gasteiger partial charge on any atom is -0.382 e. The maximum atomic E-state index is 12.8. The molecule has 6 heteroatoms. The molecule has 1 N–H and O–H groups in total. The van der Waals surface area contributed by atoms with Crippen LogP contribution in [0.2, 0.25) is 0 Å². The second kappa shape index (κ2) is 6.81. The number of anilines is 1. The van der Waals surface area contributed by atoms with Crippen molar-refractivity contribution in [3.05, 3.63) is 29.8 Å². The molecule has 0 saturated heterocycles. The molecule has 0 radical (unpaired) electrons. The van der Waals surface area contributed by atoms with Crippen LogP contribution >= 0.6 is 0 Å². The van der Waals surface area contributed by atoms with Crippen molar-refractivity contribution in [1.82, 2.24) is 0 Å². The summed E-state index contributed by atoms with van der Waals surface area (Å²) in [7, 11) is -0.974. The number of para-hydroxylation sites is 1. The fourth-order valence-electron chi connectivity index (χ4n) is 2.84. The van der Waals surface area contributed by atoms with E-state index in [9.17, 15) is 17.4 Å². The molecule has 3 atom stereocenters. The van der Waals surface area contributed by atoms with Gasteiger partial charge in [-0.05, 0) is 30.9 Å². The first-order valence-electron chi connectivity index (χ1n) is 7.07. The molecule has 1 aliphatic carbocycles. The van der Waals surface area contributed by atoms with Crippen LogP contribution in [0.5, 0.6) is 0 Å². The number of rotatable bonds is 4. The van der Waals surface area contributed by atoms with Gasteiger partial charge in [-0.25, -0.2) is 0 Å². The predicted molar refractivity (Wildman–Crippen MR) is 79.6 cm³/mol. The topological polar surface area (TPSA) is 29.1 Å². The highest BCUT2D eigenvalue weighted by Crippen LogP contribution is 2.38. The van der Waals surface area contributed by atoms with Gasteiger partial charge in [0.15, 0.2) is 0 Å². The lowest BCUT2D eigenvalue weighted by Crippen LogP contribution is -2.34. The van der Waals surface area contributed by atoms with Gasteiger partial charge in [-0.3, -0.25) is 4.21 Å². The fraction of sp³-hybridized carbons (Fsp3) is 0.600. The van der Waals surface area contributed by atoms with E-state index in [-0.39, 0.29) is 18.9 Å². The largest absolute Gasteiger partial charge is 0.391 e. The standard InChI is InChI=1S/C15H20F3NOS/c1-21(20)10-11-5-2-3-8-14(11)19-13-7-4-6-12(9-13)15(16,17)18/h2-3,5,8,12-13,19H,4,6-7,9-10H2,1H3/t12-,13-,21+/m0/s1. The van der Waals surface area contributed by atoms with Crippen LogP contribution in [-0.4, -0.2) is 22.7 Å². The second-order valence-corrected chi connectivity index (χ2v) is 7.06. The van der Waals surface area contributed by atoms with Crippen molar-refractivity contribution < 1.29 is 17.4 Å². The zero-order valence-corrected chi connectivity index (χ0v) is 12.8. The van der Waals surface area contributed by atoms with Gasteiger partial charge in [-0.2, -0.15) is 13.2 Å². The number of halogens is 3. The molecule has 1 saturated carbocycles. The molecule has 118 valence electrons. The molecule has 21 heavy (non-hydrogen) atoms. The Bertz CT molecular complexity index is 504. The van der Waals surface area contributed by atoms with Crippen LogP contribution in [-0.2, 0) is 16.6 Å². The van der Waals surface area contributed by atoms with Crippen molar-refractivity contribution in [1.29, 1.82) is 0 Å². The van der Waals surface area contributed by atoms with E-state index in [0.29, 0.717) is 12.2 Å². The molecule has 1 aromatic rings. The van der Waals surface area contributed by atoms with Gasteiger partial charge in [0.25, 0.3) is 0 Å². The Hall–Kier alpha value is -1.04. The van der Waals surface area contributed by atoms with Gasteiger partial charge in [0.05, 0.1) is 11.7 Å². The van der Waals surface area contributed by atoms with Gasteiger partial charge in [-0.1, -0.05) is 24.6 Å². The predicted octanol–water partition coefficient (Wildman–Crippen LogP) is 4.10. The lowest BCUT2D eigenvalue weighted by atomic mass is 9.85. The van der Waals surface area contributed by atoms with E-state index in [1.165, 1.54) is 0 Å². The second-order valence-electron chi connectivity index (χ2n) is 5.62. The highest BCUT2D eigenvalue weighted by Gasteiger charge is 2.42. The van der Waals surface area contributed by atoms with Crippen molar-refractivity contribution in [2.75, 3.05) is 11.6 Å². The third-order valence-corrected chi connectivity index (χ3v) is 4.59. The van der Waals surface area contributed by atoms with Gasteiger partial charge >= 0.3 is 6.18 Å². The molecule has 0 spiro atoms. The molecule has 2 nitrogen and oxygen atoms in total. The van der Waals surface area contributed by atoms with Gasteiger partial charge in [0, 0.05) is 28.8 Å². The third-order valence-electron chi connectivity index (χ3n) is 3.87. The van der Waals surface area contributed by atoms with Gasteiger partial charge in [0.1, 0.15) is 0 Å². The average molecular weight is 319 g/mol. The van der Waals surface area contributed by atoms with Crippen molar-refractivity contribution in [2.24, 2.45) is 5.92 Å². The van der Waals surface area contributed by atoms with Crippen LogP contribution in [0, 0.1) is 5.92 Å². The van der Waals surface area contributed by atoms with Crippen LogP contribution in [0.1, 0.15) is 31.2 Å². The van der Waals surface area contributed by atoms with Crippen LogP contribution in [0.3, 0.4) is 0 Å². The molecule has 1 aliphatic rings. The van der Waals surface area contributed by atoms with Gasteiger partial charge in [-0.15, -0.1) is 0 Å². The summed E-state index contributed by atoms with van der Waals surface area (Å²) in [6.45, 7) is 0. The Kier molecular flexibility index (Phi) is 5.30. The molecular weight excluding hydrogens is 299 g/mol. The molecular formula is C15H20F3NOS. The van der Waals surface area contributed by atoms with Crippen LogP contribution in [0.4, 0.5) is 18.9 Å². The normalized spacial score (nSPS) is 24.6. The van der Waals surface area contributed by atoms with E-state index in [0.717, 1.165) is 17.7 Å². The fourth-order valence-corrected chi connectivity index (χ4v) is 3.53. The molecule has 0 aliphatic heterocycles. The Morgan fingerprint density at radius 1 is 1.29 bits per heavy atom. The molecule has 0 amide bonds. The minimum atomic E-state index is -4.11. The number of nitrogens with one attached hydrogen (secondary N) is 1. The minimum absolute atomic E-state index is 0.118. The summed E-state index contributed by atoms with van der Waals surface area (Å²) < 4.78 is 49.9. The summed E-state index contributed by atoms with van der Waals surface area (Å²) in [6.07, 6.45) is -0.808. The highest BCUT2D eigenvalue weighted by atomic mass is 32.2. The molecule has 0 aromatic heterocycles. The number of alkyl halides is 3. The van der Waals surface area contributed by atoms with E-state index in [1.807, 2.05) is 24.3 Å².